The lowest BCUT2D eigenvalue weighted by Gasteiger charge is -2.30. The highest BCUT2D eigenvalue weighted by molar-refractivity contribution is 6.12. The molecule has 11 aromatic carbocycles. The molecule has 62 heavy (non-hydrogen) atoms. The smallest absolute Gasteiger partial charge is 0.136 e. The van der Waals surface area contributed by atoms with Gasteiger partial charge in [-0.15, -0.1) is 0 Å². The van der Waals surface area contributed by atoms with E-state index in [2.05, 4.69) is 229 Å². The molecule has 1 aromatic heterocycles. The molecule has 0 unspecified atom stereocenters. The van der Waals surface area contributed by atoms with Crippen LogP contribution < -0.4 is 4.90 Å². The summed E-state index contributed by atoms with van der Waals surface area (Å²) in [6.45, 7) is 0. The predicted octanol–water partition coefficient (Wildman–Crippen LogP) is 17.2. The molecule has 290 valence electrons. The number of hydrogen-bond donors (Lipinski definition) is 0. The highest BCUT2D eigenvalue weighted by Crippen LogP contribution is 2.46. The molecule has 2 heteroatoms. The molecule has 0 aliphatic carbocycles. The zero-order valence-corrected chi connectivity index (χ0v) is 33.9. The summed E-state index contributed by atoms with van der Waals surface area (Å²) in [5, 5.41) is 9.78. The van der Waals surface area contributed by atoms with Crippen molar-refractivity contribution in [2.75, 3.05) is 4.90 Å². The summed E-state index contributed by atoms with van der Waals surface area (Å²) in [6, 6.07) is 85.6. The van der Waals surface area contributed by atoms with E-state index in [4.69, 9.17) is 4.42 Å². The van der Waals surface area contributed by atoms with Crippen LogP contribution in [0.3, 0.4) is 0 Å². The molecule has 0 saturated heterocycles. The summed E-state index contributed by atoms with van der Waals surface area (Å²) in [7, 11) is 0. The number of hydrogen-bond acceptors (Lipinski definition) is 2. The fourth-order valence-electron chi connectivity index (χ4n) is 9.42. The van der Waals surface area contributed by atoms with Crippen LogP contribution >= 0.6 is 0 Å². The predicted molar refractivity (Wildman–Crippen MR) is 263 cm³/mol. The van der Waals surface area contributed by atoms with Gasteiger partial charge >= 0.3 is 0 Å². The average molecular weight is 790 g/mol. The molecule has 0 saturated carbocycles. The van der Waals surface area contributed by atoms with Gasteiger partial charge in [-0.3, -0.25) is 0 Å². The molecule has 0 amide bonds. The first-order chi connectivity index (χ1) is 30.7. The van der Waals surface area contributed by atoms with Crippen LogP contribution in [-0.2, 0) is 0 Å². The number of nitrogens with zero attached hydrogens (tertiary/aromatic N) is 1. The minimum Gasteiger partial charge on any atom is -0.456 e. The molecule has 0 N–H and O–H groups in total. The van der Waals surface area contributed by atoms with Gasteiger partial charge in [0.25, 0.3) is 0 Å². The van der Waals surface area contributed by atoms with Gasteiger partial charge in [0, 0.05) is 27.6 Å². The minimum absolute atomic E-state index is 0.896. The second kappa shape index (κ2) is 14.8. The lowest BCUT2D eigenvalue weighted by atomic mass is 9.94. The Labute approximate surface area is 360 Å². The monoisotopic (exact) mass is 789 g/mol. The van der Waals surface area contributed by atoms with Gasteiger partial charge in [0.2, 0.25) is 0 Å². The molecular weight excluding hydrogens is 751 g/mol. The summed E-state index contributed by atoms with van der Waals surface area (Å²) < 4.78 is 6.29. The third-order valence-corrected chi connectivity index (χ3v) is 12.5. The van der Waals surface area contributed by atoms with Crippen LogP contribution in [0.2, 0.25) is 0 Å². The van der Waals surface area contributed by atoms with Crippen LogP contribution in [0.5, 0.6) is 0 Å². The Morgan fingerprint density at radius 1 is 0.274 bits per heavy atom. The van der Waals surface area contributed by atoms with Gasteiger partial charge in [-0.2, -0.15) is 0 Å². The number of fused-ring (bicyclic) bond motifs is 7. The number of rotatable bonds is 7. The molecule has 12 aromatic rings. The lowest BCUT2D eigenvalue weighted by molar-refractivity contribution is 0.669. The zero-order chi connectivity index (χ0) is 41.0. The van der Waals surface area contributed by atoms with Crippen LogP contribution in [0, 0.1) is 0 Å². The molecule has 12 rings (SSSR count). The van der Waals surface area contributed by atoms with Crippen LogP contribution in [0.1, 0.15) is 0 Å². The minimum atomic E-state index is 0.896. The third-order valence-electron chi connectivity index (χ3n) is 12.5. The summed E-state index contributed by atoms with van der Waals surface area (Å²) in [5.74, 6) is 0. The van der Waals surface area contributed by atoms with Crippen molar-refractivity contribution in [3.05, 3.63) is 237 Å². The van der Waals surface area contributed by atoms with Gasteiger partial charge in [0.15, 0.2) is 0 Å². The van der Waals surface area contributed by atoms with E-state index < -0.39 is 0 Å². The van der Waals surface area contributed by atoms with E-state index in [9.17, 15) is 0 Å². The molecular formula is C60H39NO. The third kappa shape index (κ3) is 6.12. The quantitative estimate of drug-likeness (QED) is 0.150. The van der Waals surface area contributed by atoms with E-state index in [1.807, 2.05) is 12.1 Å². The largest absolute Gasteiger partial charge is 0.456 e. The van der Waals surface area contributed by atoms with Gasteiger partial charge < -0.3 is 9.32 Å². The van der Waals surface area contributed by atoms with Crippen LogP contribution in [0.25, 0.3) is 98.8 Å². The molecule has 0 atom stereocenters. The van der Waals surface area contributed by atoms with Gasteiger partial charge in [0.1, 0.15) is 11.2 Å². The number of anilines is 3. The Morgan fingerprint density at radius 2 is 0.774 bits per heavy atom. The number of para-hydroxylation sites is 3. The van der Waals surface area contributed by atoms with Crippen molar-refractivity contribution in [2.45, 2.75) is 0 Å². The second-order valence-electron chi connectivity index (χ2n) is 16.1. The van der Waals surface area contributed by atoms with Crippen molar-refractivity contribution in [3.8, 4) is 44.5 Å². The number of furan rings is 1. The molecule has 0 fully saturated rings. The Morgan fingerprint density at radius 3 is 1.56 bits per heavy atom. The Hall–Kier alpha value is -8.20. The Kier molecular flexibility index (Phi) is 8.53. The summed E-state index contributed by atoms with van der Waals surface area (Å²) in [6.07, 6.45) is 0. The topological polar surface area (TPSA) is 16.4 Å². The van der Waals surface area contributed by atoms with Crippen molar-refractivity contribution < 1.29 is 4.42 Å². The second-order valence-corrected chi connectivity index (χ2v) is 16.1. The maximum atomic E-state index is 6.29. The maximum Gasteiger partial charge on any atom is 0.136 e. The van der Waals surface area contributed by atoms with Crippen molar-refractivity contribution in [1.29, 1.82) is 0 Å². The normalized spacial score (nSPS) is 11.5. The van der Waals surface area contributed by atoms with Gasteiger partial charge in [-0.25, -0.2) is 0 Å². The van der Waals surface area contributed by atoms with Crippen molar-refractivity contribution in [3.63, 3.8) is 0 Å². The zero-order valence-electron chi connectivity index (χ0n) is 33.9. The van der Waals surface area contributed by atoms with E-state index in [1.165, 1.54) is 49.0 Å². The molecule has 0 bridgehead atoms. The fourth-order valence-corrected chi connectivity index (χ4v) is 9.42. The summed E-state index contributed by atoms with van der Waals surface area (Å²) >= 11 is 0. The molecule has 0 aliphatic rings. The van der Waals surface area contributed by atoms with E-state index in [0.29, 0.717) is 0 Å². The van der Waals surface area contributed by atoms with Crippen molar-refractivity contribution in [1.82, 2.24) is 0 Å². The van der Waals surface area contributed by atoms with Crippen molar-refractivity contribution >= 4 is 71.3 Å². The Bertz CT molecular complexity index is 3630. The number of benzene rings is 11. The van der Waals surface area contributed by atoms with Crippen molar-refractivity contribution in [2.24, 2.45) is 0 Å². The van der Waals surface area contributed by atoms with E-state index in [0.717, 1.165) is 66.8 Å². The molecule has 0 spiro atoms. The van der Waals surface area contributed by atoms with E-state index >= 15 is 0 Å². The molecule has 0 radical (unpaired) electrons. The highest BCUT2D eigenvalue weighted by atomic mass is 16.3. The van der Waals surface area contributed by atoms with Gasteiger partial charge in [-0.1, -0.05) is 188 Å². The summed E-state index contributed by atoms with van der Waals surface area (Å²) in [4.78, 5) is 2.43. The molecule has 2 nitrogen and oxygen atoms in total. The van der Waals surface area contributed by atoms with Crippen LogP contribution in [-0.4, -0.2) is 0 Å². The first kappa shape index (κ1) is 35.7. The summed E-state index contributed by atoms with van der Waals surface area (Å²) in [5.41, 5.74) is 14.4. The fraction of sp³-hybridized carbons (Fsp3) is 0. The molecule has 0 aliphatic heterocycles. The molecule has 1 heterocycles. The van der Waals surface area contributed by atoms with E-state index in [-0.39, 0.29) is 0 Å². The lowest BCUT2D eigenvalue weighted by Crippen LogP contribution is -2.12. The maximum absolute atomic E-state index is 6.29. The van der Waals surface area contributed by atoms with Gasteiger partial charge in [0.05, 0.1) is 11.4 Å². The van der Waals surface area contributed by atoms with Crippen LogP contribution in [0.4, 0.5) is 17.1 Å². The average Bonchev–Trinajstić information content (AvgIpc) is 3.74. The SMILES string of the molecule is c1ccc(N(c2ccc(-c3cccc4oc5ccccc5c34)cc2)c2ccccc2-c2ccc3ccccc3c2)c(-c2ccc(-c3ccc4ccc5ccccc5c4c3)cc2)c1. The first-order valence-corrected chi connectivity index (χ1v) is 21.2. The van der Waals surface area contributed by atoms with Gasteiger partial charge in [-0.05, 0) is 114 Å². The van der Waals surface area contributed by atoms with E-state index in [1.54, 1.807) is 0 Å². The Balaban J connectivity index is 0.993. The highest BCUT2D eigenvalue weighted by Gasteiger charge is 2.21. The standard InChI is InChI=1S/C60H39NO/c1-2-14-46-38-48(33-26-40(46)12-1)52-17-6-9-21-57(52)61(49-36-34-44(35-37-49)53-19-11-23-59-60(53)54-18-7-10-22-58(54)62-59)56-20-8-5-16-51(56)43-27-24-41(25-28-43)47-32-31-45-30-29-42-13-3-4-15-50(42)55(45)39-47/h1-39H. The van der Waals surface area contributed by atoms with Crippen LogP contribution in [0.15, 0.2) is 241 Å². The first-order valence-electron chi connectivity index (χ1n) is 21.2.